The highest BCUT2D eigenvalue weighted by atomic mass is 35.5. The second-order valence-corrected chi connectivity index (χ2v) is 7.20. The van der Waals surface area contributed by atoms with Crippen molar-refractivity contribution in [2.75, 3.05) is 5.88 Å². The van der Waals surface area contributed by atoms with Crippen LogP contribution < -0.4 is 0 Å². The fourth-order valence-corrected chi connectivity index (χ4v) is 4.67. The largest absolute Gasteiger partial charge is 0.223 e. The molecule has 0 aliphatic heterocycles. The van der Waals surface area contributed by atoms with Gasteiger partial charge in [-0.3, -0.25) is 0 Å². The Kier molecular flexibility index (Phi) is 4.10. The van der Waals surface area contributed by atoms with Crippen molar-refractivity contribution >= 4 is 21.4 Å². The van der Waals surface area contributed by atoms with Crippen molar-refractivity contribution in [3.05, 3.63) is 30.3 Å². The van der Waals surface area contributed by atoms with E-state index in [9.17, 15) is 8.42 Å². The van der Waals surface area contributed by atoms with Crippen LogP contribution in [0, 0.1) is 5.92 Å². The molecule has 0 amide bonds. The summed E-state index contributed by atoms with van der Waals surface area (Å²) in [6.07, 6.45) is 3.50. The Bertz CT molecular complexity index is 456. The van der Waals surface area contributed by atoms with Crippen LogP contribution in [0.4, 0.5) is 0 Å². The molecule has 2 rings (SSSR count). The summed E-state index contributed by atoms with van der Waals surface area (Å²) in [5.41, 5.74) is 0. The molecule has 4 heteroatoms. The lowest BCUT2D eigenvalue weighted by molar-refractivity contribution is 0.385. The van der Waals surface area contributed by atoms with Crippen LogP contribution in [0.25, 0.3) is 0 Å². The van der Waals surface area contributed by atoms with Gasteiger partial charge in [-0.1, -0.05) is 24.6 Å². The van der Waals surface area contributed by atoms with Crippen molar-refractivity contribution in [3.8, 4) is 0 Å². The van der Waals surface area contributed by atoms with Crippen molar-refractivity contribution in [1.29, 1.82) is 0 Å². The van der Waals surface area contributed by atoms with E-state index in [-0.39, 0.29) is 5.25 Å². The number of alkyl halides is 1. The second-order valence-electron chi connectivity index (χ2n) is 4.67. The SMILES string of the molecule is O=S(=O)(c1ccccc1)C1CCCC(CCl)C1. The molecule has 1 aromatic rings. The minimum absolute atomic E-state index is 0.248. The lowest BCUT2D eigenvalue weighted by Crippen LogP contribution is -2.29. The summed E-state index contributed by atoms with van der Waals surface area (Å²) in [7, 11) is -3.16. The van der Waals surface area contributed by atoms with Gasteiger partial charge in [0, 0.05) is 5.88 Å². The maximum atomic E-state index is 12.4. The van der Waals surface area contributed by atoms with E-state index in [4.69, 9.17) is 11.6 Å². The van der Waals surface area contributed by atoms with Gasteiger partial charge in [0.1, 0.15) is 0 Å². The molecule has 0 spiro atoms. The van der Waals surface area contributed by atoms with Crippen molar-refractivity contribution < 1.29 is 8.42 Å². The Balaban J connectivity index is 2.21. The highest BCUT2D eigenvalue weighted by Gasteiger charge is 2.32. The van der Waals surface area contributed by atoms with Crippen LogP contribution in [-0.4, -0.2) is 19.5 Å². The molecule has 1 aromatic carbocycles. The molecule has 0 radical (unpaired) electrons. The molecule has 0 heterocycles. The smallest absolute Gasteiger partial charge is 0.181 e. The zero-order valence-electron chi connectivity index (χ0n) is 9.68. The summed E-state index contributed by atoms with van der Waals surface area (Å²) >= 11 is 5.85. The molecule has 17 heavy (non-hydrogen) atoms. The van der Waals surface area contributed by atoms with Gasteiger partial charge in [0.25, 0.3) is 0 Å². The Morgan fingerprint density at radius 1 is 1.18 bits per heavy atom. The third-order valence-electron chi connectivity index (χ3n) is 3.46. The highest BCUT2D eigenvalue weighted by molar-refractivity contribution is 7.92. The second kappa shape index (κ2) is 5.40. The van der Waals surface area contributed by atoms with Gasteiger partial charge in [0.05, 0.1) is 10.1 Å². The predicted molar refractivity (Wildman–Crippen MR) is 70.1 cm³/mol. The first kappa shape index (κ1) is 12.9. The number of halogens is 1. The van der Waals surface area contributed by atoms with Crippen LogP contribution in [0.5, 0.6) is 0 Å². The molecular formula is C13H17ClO2S. The normalized spacial score (nSPS) is 25.7. The molecule has 1 aliphatic carbocycles. The summed E-state index contributed by atoms with van der Waals surface area (Å²) in [6, 6.07) is 8.74. The third-order valence-corrected chi connectivity index (χ3v) is 6.13. The summed E-state index contributed by atoms with van der Waals surface area (Å²) < 4.78 is 24.8. The summed E-state index contributed by atoms with van der Waals surface area (Å²) in [6.45, 7) is 0. The molecule has 2 atom stereocenters. The van der Waals surface area contributed by atoms with Crippen molar-refractivity contribution in [3.63, 3.8) is 0 Å². The van der Waals surface area contributed by atoms with Gasteiger partial charge in [-0.15, -0.1) is 11.6 Å². The Morgan fingerprint density at radius 3 is 2.53 bits per heavy atom. The molecule has 1 saturated carbocycles. The molecule has 94 valence electrons. The molecule has 1 fully saturated rings. The minimum atomic E-state index is -3.16. The summed E-state index contributed by atoms with van der Waals surface area (Å²) in [4.78, 5) is 0.445. The number of hydrogen-bond acceptors (Lipinski definition) is 2. The van der Waals surface area contributed by atoms with Crippen LogP contribution in [0.3, 0.4) is 0 Å². The maximum absolute atomic E-state index is 12.4. The number of benzene rings is 1. The Hall–Kier alpha value is -0.540. The van der Waals surface area contributed by atoms with Gasteiger partial charge in [-0.25, -0.2) is 8.42 Å². The van der Waals surface area contributed by atoms with Gasteiger partial charge >= 0.3 is 0 Å². The van der Waals surface area contributed by atoms with Crippen LogP contribution in [-0.2, 0) is 9.84 Å². The molecule has 0 saturated heterocycles. The zero-order chi connectivity index (χ0) is 12.3. The lowest BCUT2D eigenvalue weighted by atomic mass is 9.90. The third kappa shape index (κ3) is 2.83. The van der Waals surface area contributed by atoms with Crippen LogP contribution in [0.2, 0.25) is 0 Å². The monoisotopic (exact) mass is 272 g/mol. The standard InChI is InChI=1S/C13H17ClO2S/c14-10-11-5-4-8-13(9-11)17(15,16)12-6-2-1-3-7-12/h1-3,6-7,11,13H,4-5,8-10H2. The average Bonchev–Trinajstić information content (AvgIpc) is 2.40. The Morgan fingerprint density at radius 2 is 1.88 bits per heavy atom. The summed E-state index contributed by atoms with van der Waals surface area (Å²) in [5.74, 6) is 0.926. The molecule has 0 N–H and O–H groups in total. The molecule has 1 aliphatic rings. The first-order valence-electron chi connectivity index (χ1n) is 5.99. The fourth-order valence-electron chi connectivity index (χ4n) is 2.47. The lowest BCUT2D eigenvalue weighted by Gasteiger charge is -2.27. The minimum Gasteiger partial charge on any atom is -0.223 e. The Labute approximate surface area is 108 Å². The van der Waals surface area contributed by atoms with E-state index in [1.54, 1.807) is 24.3 Å². The van der Waals surface area contributed by atoms with Gasteiger partial charge in [0.2, 0.25) is 0 Å². The van der Waals surface area contributed by atoms with Crippen LogP contribution in [0.15, 0.2) is 35.2 Å². The van der Waals surface area contributed by atoms with Gasteiger partial charge in [0.15, 0.2) is 9.84 Å². The first-order chi connectivity index (χ1) is 8.14. The first-order valence-corrected chi connectivity index (χ1v) is 8.07. The fraction of sp³-hybridized carbons (Fsp3) is 0.538. The topological polar surface area (TPSA) is 34.1 Å². The summed E-state index contributed by atoms with van der Waals surface area (Å²) in [5, 5.41) is -0.248. The van der Waals surface area contributed by atoms with Crippen molar-refractivity contribution in [2.24, 2.45) is 5.92 Å². The van der Waals surface area contributed by atoms with Gasteiger partial charge in [-0.2, -0.15) is 0 Å². The van der Waals surface area contributed by atoms with E-state index in [0.717, 1.165) is 19.3 Å². The number of rotatable bonds is 3. The average molecular weight is 273 g/mol. The molecule has 0 bridgehead atoms. The maximum Gasteiger partial charge on any atom is 0.181 e. The zero-order valence-corrected chi connectivity index (χ0v) is 11.3. The molecular weight excluding hydrogens is 256 g/mol. The van der Waals surface area contributed by atoms with E-state index < -0.39 is 9.84 Å². The van der Waals surface area contributed by atoms with E-state index in [0.29, 0.717) is 23.1 Å². The quantitative estimate of drug-likeness (QED) is 0.792. The van der Waals surface area contributed by atoms with Crippen molar-refractivity contribution in [2.45, 2.75) is 35.8 Å². The molecule has 0 aromatic heterocycles. The highest BCUT2D eigenvalue weighted by Crippen LogP contribution is 2.32. The van der Waals surface area contributed by atoms with Crippen molar-refractivity contribution in [1.82, 2.24) is 0 Å². The van der Waals surface area contributed by atoms with E-state index in [1.807, 2.05) is 6.07 Å². The van der Waals surface area contributed by atoms with E-state index >= 15 is 0 Å². The van der Waals surface area contributed by atoms with E-state index in [2.05, 4.69) is 0 Å². The van der Waals surface area contributed by atoms with E-state index in [1.165, 1.54) is 0 Å². The van der Waals surface area contributed by atoms with Gasteiger partial charge < -0.3 is 0 Å². The predicted octanol–water partition coefficient (Wildman–Crippen LogP) is 3.26. The van der Waals surface area contributed by atoms with Gasteiger partial charge in [-0.05, 0) is 37.3 Å². The number of sulfone groups is 1. The number of hydrogen-bond donors (Lipinski definition) is 0. The molecule has 2 nitrogen and oxygen atoms in total. The van der Waals surface area contributed by atoms with Crippen LogP contribution >= 0.6 is 11.6 Å². The van der Waals surface area contributed by atoms with Crippen LogP contribution in [0.1, 0.15) is 25.7 Å². The molecule has 2 unspecified atom stereocenters.